The first-order chi connectivity index (χ1) is 5.66. The topological polar surface area (TPSA) is 80.9 Å². The average molecular weight is 368 g/mol. The molecule has 4 N–H and O–H groups in total. The molecule has 86 valence electrons. The maximum atomic E-state index is 7.57. The molecule has 0 rings (SSSR count). The van der Waals surface area contributed by atoms with Crippen LogP contribution in [0, 0.1) is 0 Å². The SMILES string of the molecule is CCO.CCO.CCO.CCO.[W]. The van der Waals surface area contributed by atoms with Crippen LogP contribution in [0.5, 0.6) is 0 Å². The molecule has 13 heavy (non-hydrogen) atoms. The minimum Gasteiger partial charge on any atom is -0.397 e. The third-order valence-electron chi connectivity index (χ3n) is 0. The zero-order valence-electron chi connectivity index (χ0n) is 9.03. The first-order valence-corrected chi connectivity index (χ1v) is 4.09. The summed E-state index contributed by atoms with van der Waals surface area (Å²) in [4.78, 5) is 0. The number of rotatable bonds is 0. The van der Waals surface area contributed by atoms with Gasteiger partial charge in [-0.25, -0.2) is 0 Å². The van der Waals surface area contributed by atoms with E-state index in [0.717, 1.165) is 0 Å². The monoisotopic (exact) mass is 368 g/mol. The summed E-state index contributed by atoms with van der Waals surface area (Å²) in [5, 5.41) is 30.3. The van der Waals surface area contributed by atoms with E-state index in [2.05, 4.69) is 0 Å². The average Bonchev–Trinajstić information content (AvgIpc) is 1.92. The van der Waals surface area contributed by atoms with Crippen molar-refractivity contribution in [3.63, 3.8) is 0 Å². The van der Waals surface area contributed by atoms with E-state index in [1.807, 2.05) is 0 Å². The Morgan fingerprint density at radius 1 is 0.538 bits per heavy atom. The second-order valence-corrected chi connectivity index (χ2v) is 1.26. The Hall–Kier alpha value is 0.528. The molecule has 0 spiro atoms. The molecular formula is C8H24O4W. The van der Waals surface area contributed by atoms with Crippen LogP contribution >= 0.6 is 0 Å². The molecule has 0 fully saturated rings. The van der Waals surface area contributed by atoms with Crippen molar-refractivity contribution in [2.24, 2.45) is 0 Å². The van der Waals surface area contributed by atoms with Gasteiger partial charge in [0.25, 0.3) is 0 Å². The van der Waals surface area contributed by atoms with Gasteiger partial charge >= 0.3 is 0 Å². The van der Waals surface area contributed by atoms with Crippen molar-refractivity contribution in [3.05, 3.63) is 0 Å². The van der Waals surface area contributed by atoms with E-state index in [-0.39, 0.29) is 47.5 Å². The van der Waals surface area contributed by atoms with E-state index in [9.17, 15) is 0 Å². The van der Waals surface area contributed by atoms with E-state index < -0.39 is 0 Å². The Labute approximate surface area is 95.9 Å². The summed E-state index contributed by atoms with van der Waals surface area (Å²) in [6, 6.07) is 0. The van der Waals surface area contributed by atoms with Crippen LogP contribution in [0.4, 0.5) is 0 Å². The summed E-state index contributed by atoms with van der Waals surface area (Å²) in [7, 11) is 0. The molecule has 0 atom stereocenters. The molecule has 0 unspecified atom stereocenters. The van der Waals surface area contributed by atoms with Gasteiger partial charge in [-0.3, -0.25) is 0 Å². The maximum absolute atomic E-state index is 7.57. The van der Waals surface area contributed by atoms with E-state index in [4.69, 9.17) is 20.4 Å². The molecule has 0 aromatic rings. The fraction of sp³-hybridized carbons (Fsp3) is 1.00. The second kappa shape index (κ2) is 81.2. The summed E-state index contributed by atoms with van der Waals surface area (Å²) in [6.07, 6.45) is 0. The first kappa shape index (κ1) is 29.2. The van der Waals surface area contributed by atoms with Crippen LogP contribution in [0.25, 0.3) is 0 Å². The van der Waals surface area contributed by atoms with Crippen LogP contribution < -0.4 is 0 Å². The maximum Gasteiger partial charge on any atom is 0.0402 e. The standard InChI is InChI=1S/4C2H6O.W/c4*1-2-3;/h4*3H,2H2,1H3;. The molecule has 5 heteroatoms. The largest absolute Gasteiger partial charge is 0.397 e. The van der Waals surface area contributed by atoms with E-state index >= 15 is 0 Å². The zero-order chi connectivity index (χ0) is 10.8. The van der Waals surface area contributed by atoms with Gasteiger partial charge in [-0.1, -0.05) is 0 Å². The summed E-state index contributed by atoms with van der Waals surface area (Å²) < 4.78 is 0. The Morgan fingerprint density at radius 3 is 0.538 bits per heavy atom. The fourth-order valence-corrected chi connectivity index (χ4v) is 0. The van der Waals surface area contributed by atoms with Gasteiger partial charge in [0.05, 0.1) is 0 Å². The van der Waals surface area contributed by atoms with Gasteiger partial charge in [-0.2, -0.15) is 0 Å². The minimum atomic E-state index is 0. The van der Waals surface area contributed by atoms with Gasteiger partial charge < -0.3 is 20.4 Å². The third-order valence-corrected chi connectivity index (χ3v) is 0. The van der Waals surface area contributed by atoms with Crippen molar-refractivity contribution >= 4 is 0 Å². The molecule has 0 aliphatic heterocycles. The van der Waals surface area contributed by atoms with E-state index in [1.54, 1.807) is 27.7 Å². The van der Waals surface area contributed by atoms with Gasteiger partial charge in [-0.15, -0.1) is 0 Å². The molecule has 0 radical (unpaired) electrons. The van der Waals surface area contributed by atoms with Gasteiger partial charge in [0.2, 0.25) is 0 Å². The van der Waals surface area contributed by atoms with Crippen LogP contribution in [-0.4, -0.2) is 46.9 Å². The van der Waals surface area contributed by atoms with Gasteiger partial charge in [-0.05, 0) is 27.7 Å². The number of hydrogen-bond donors (Lipinski definition) is 4. The summed E-state index contributed by atoms with van der Waals surface area (Å²) in [5.41, 5.74) is 0. The quantitative estimate of drug-likeness (QED) is 0.485. The molecule has 0 saturated carbocycles. The Kier molecular flexibility index (Phi) is 182. The number of aliphatic hydroxyl groups excluding tert-OH is 4. The van der Waals surface area contributed by atoms with Crippen LogP contribution in [0.1, 0.15) is 27.7 Å². The predicted octanol–water partition coefficient (Wildman–Crippen LogP) is -0.00810. The van der Waals surface area contributed by atoms with Crippen molar-refractivity contribution in [2.45, 2.75) is 27.7 Å². The van der Waals surface area contributed by atoms with Crippen LogP contribution in [0.2, 0.25) is 0 Å². The molecular weight excluding hydrogens is 344 g/mol. The Morgan fingerprint density at radius 2 is 0.538 bits per heavy atom. The minimum absolute atomic E-state index is 0. The van der Waals surface area contributed by atoms with Gasteiger partial charge in [0, 0.05) is 47.5 Å². The predicted molar refractivity (Wildman–Crippen MR) is 51.0 cm³/mol. The molecule has 0 aliphatic rings. The Balaban J connectivity index is -0.0000000213. The number of aliphatic hydroxyl groups is 4. The Bertz CT molecular complexity index is 24.1. The van der Waals surface area contributed by atoms with Crippen LogP contribution in [0.15, 0.2) is 0 Å². The normalized spacial score (nSPS) is 5.54. The molecule has 0 bridgehead atoms. The molecule has 0 aliphatic carbocycles. The molecule has 0 saturated heterocycles. The van der Waals surface area contributed by atoms with Crippen LogP contribution in [0.3, 0.4) is 0 Å². The first-order valence-electron chi connectivity index (χ1n) is 4.09. The van der Waals surface area contributed by atoms with Crippen molar-refractivity contribution in [2.75, 3.05) is 26.4 Å². The summed E-state index contributed by atoms with van der Waals surface area (Å²) in [5.74, 6) is 0. The van der Waals surface area contributed by atoms with Crippen LogP contribution in [-0.2, 0) is 21.1 Å². The smallest absolute Gasteiger partial charge is 0.0402 e. The molecule has 0 heterocycles. The molecule has 4 nitrogen and oxygen atoms in total. The third kappa shape index (κ3) is 4980. The fourth-order valence-electron chi connectivity index (χ4n) is 0. The van der Waals surface area contributed by atoms with Crippen molar-refractivity contribution < 1.29 is 41.5 Å². The van der Waals surface area contributed by atoms with Gasteiger partial charge in [0.1, 0.15) is 0 Å². The summed E-state index contributed by atoms with van der Waals surface area (Å²) >= 11 is 0. The van der Waals surface area contributed by atoms with E-state index in [1.165, 1.54) is 0 Å². The van der Waals surface area contributed by atoms with E-state index in [0.29, 0.717) is 0 Å². The molecule has 0 aromatic heterocycles. The second-order valence-electron chi connectivity index (χ2n) is 1.26. The molecule has 0 amide bonds. The van der Waals surface area contributed by atoms with Gasteiger partial charge in [0.15, 0.2) is 0 Å². The zero-order valence-corrected chi connectivity index (χ0v) is 12.0. The van der Waals surface area contributed by atoms with Crippen molar-refractivity contribution in [1.29, 1.82) is 0 Å². The summed E-state index contributed by atoms with van der Waals surface area (Å²) in [6.45, 7) is 7.72. The van der Waals surface area contributed by atoms with Crippen molar-refractivity contribution in [3.8, 4) is 0 Å². The molecule has 0 aromatic carbocycles. The number of hydrogen-bond acceptors (Lipinski definition) is 4. The van der Waals surface area contributed by atoms with Crippen molar-refractivity contribution in [1.82, 2.24) is 0 Å².